The van der Waals surface area contributed by atoms with E-state index in [1.807, 2.05) is 0 Å². The van der Waals surface area contributed by atoms with Crippen molar-refractivity contribution in [3.8, 4) is 0 Å². The average molecular weight is 220 g/mol. The molecule has 0 aromatic rings. The molecule has 0 saturated heterocycles. The zero-order valence-electron chi connectivity index (χ0n) is 8.67. The Morgan fingerprint density at radius 2 is 2.00 bits per heavy atom. The molecule has 2 atom stereocenters. The number of nitrogens with one attached hydrogen (secondary N) is 1. The molecule has 0 radical (unpaired) electrons. The summed E-state index contributed by atoms with van der Waals surface area (Å²) in [6, 6.07) is -1.98. The van der Waals surface area contributed by atoms with E-state index in [2.05, 4.69) is 5.32 Å². The second kappa shape index (κ2) is 6.20. The first-order chi connectivity index (χ1) is 6.88. The molecule has 7 heteroatoms. The molecule has 88 valence electrons. The van der Waals surface area contributed by atoms with Gasteiger partial charge in [-0.1, -0.05) is 0 Å². The van der Waals surface area contributed by atoms with E-state index in [1.165, 1.54) is 14.0 Å². The number of carbonyl (C=O) groups is 2. The third kappa shape index (κ3) is 5.18. The van der Waals surface area contributed by atoms with Crippen molar-refractivity contribution >= 4 is 12.0 Å². The summed E-state index contributed by atoms with van der Waals surface area (Å²) in [7, 11) is 1.42. The first-order valence-electron chi connectivity index (χ1n) is 4.41. The van der Waals surface area contributed by atoms with E-state index in [1.54, 1.807) is 0 Å². The molecule has 7 nitrogen and oxygen atoms in total. The van der Waals surface area contributed by atoms with Crippen LogP contribution >= 0.6 is 0 Å². The highest BCUT2D eigenvalue weighted by molar-refractivity contribution is 5.82. The third-order valence-corrected chi connectivity index (χ3v) is 1.66. The van der Waals surface area contributed by atoms with E-state index < -0.39 is 30.8 Å². The van der Waals surface area contributed by atoms with Crippen molar-refractivity contribution in [3.63, 3.8) is 0 Å². The maximum absolute atomic E-state index is 11.3. The number of nitrogens with zero attached hydrogens (tertiary/aromatic N) is 1. The lowest BCUT2D eigenvalue weighted by Crippen LogP contribution is -2.49. The van der Waals surface area contributed by atoms with Gasteiger partial charge in [0.2, 0.25) is 0 Å². The highest BCUT2D eigenvalue weighted by atomic mass is 16.4. The number of carboxylic acids is 1. The minimum absolute atomic E-state index is 0.0869. The number of aliphatic carboxylic acids is 1. The number of aliphatic hydroxyl groups excluding tert-OH is 2. The summed E-state index contributed by atoms with van der Waals surface area (Å²) >= 11 is 0. The van der Waals surface area contributed by atoms with Gasteiger partial charge in [-0.15, -0.1) is 0 Å². The molecule has 0 rings (SSSR count). The minimum atomic E-state index is -1.33. The summed E-state index contributed by atoms with van der Waals surface area (Å²) in [5.74, 6) is -1.31. The molecule has 0 fully saturated rings. The van der Waals surface area contributed by atoms with Crippen LogP contribution in [0.15, 0.2) is 0 Å². The molecule has 2 amide bonds. The van der Waals surface area contributed by atoms with Gasteiger partial charge in [-0.3, -0.25) is 0 Å². The lowest BCUT2D eigenvalue weighted by molar-refractivity contribution is -0.140. The van der Waals surface area contributed by atoms with Crippen LogP contribution in [0, 0.1) is 0 Å². The van der Waals surface area contributed by atoms with Crippen molar-refractivity contribution in [2.24, 2.45) is 0 Å². The molecular formula is C8H16N2O5. The summed E-state index contributed by atoms with van der Waals surface area (Å²) in [5, 5.41) is 28.3. The summed E-state index contributed by atoms with van der Waals surface area (Å²) in [6.45, 7) is 0.914. The van der Waals surface area contributed by atoms with E-state index in [0.717, 1.165) is 4.90 Å². The van der Waals surface area contributed by atoms with Gasteiger partial charge in [-0.2, -0.15) is 0 Å². The van der Waals surface area contributed by atoms with Crippen molar-refractivity contribution in [1.29, 1.82) is 0 Å². The summed E-state index contributed by atoms with van der Waals surface area (Å²) < 4.78 is 0. The molecule has 0 aliphatic carbocycles. The molecule has 0 aliphatic heterocycles. The van der Waals surface area contributed by atoms with Crippen LogP contribution < -0.4 is 5.32 Å². The molecule has 15 heavy (non-hydrogen) atoms. The Hall–Kier alpha value is -1.34. The predicted octanol–water partition coefficient (Wildman–Crippen LogP) is -1.55. The van der Waals surface area contributed by atoms with Gasteiger partial charge >= 0.3 is 12.0 Å². The fraction of sp³-hybridized carbons (Fsp3) is 0.750. The van der Waals surface area contributed by atoms with Crippen molar-refractivity contribution in [3.05, 3.63) is 0 Å². The van der Waals surface area contributed by atoms with Crippen molar-refractivity contribution in [2.45, 2.75) is 19.1 Å². The zero-order chi connectivity index (χ0) is 12.0. The largest absolute Gasteiger partial charge is 0.480 e. The number of aliphatic hydroxyl groups is 2. The number of hydrogen-bond acceptors (Lipinski definition) is 4. The fourth-order valence-corrected chi connectivity index (χ4v) is 0.924. The van der Waals surface area contributed by atoms with Crippen LogP contribution in [-0.4, -0.2) is 64.6 Å². The highest BCUT2D eigenvalue weighted by Crippen LogP contribution is 1.91. The number of urea groups is 1. The Morgan fingerprint density at radius 1 is 1.47 bits per heavy atom. The highest BCUT2D eigenvalue weighted by Gasteiger charge is 2.20. The number of amides is 2. The van der Waals surface area contributed by atoms with Crippen molar-refractivity contribution in [2.75, 3.05) is 20.2 Å². The molecule has 0 bridgehead atoms. The van der Waals surface area contributed by atoms with E-state index in [9.17, 15) is 9.59 Å². The van der Waals surface area contributed by atoms with Crippen molar-refractivity contribution in [1.82, 2.24) is 10.2 Å². The maximum Gasteiger partial charge on any atom is 0.328 e. The molecule has 0 spiro atoms. The molecular weight excluding hydrogens is 204 g/mol. The molecule has 1 unspecified atom stereocenters. The molecule has 0 aromatic carbocycles. The van der Waals surface area contributed by atoms with Crippen LogP contribution in [0.2, 0.25) is 0 Å². The number of rotatable bonds is 5. The summed E-state index contributed by atoms with van der Waals surface area (Å²) in [4.78, 5) is 22.9. The Morgan fingerprint density at radius 3 is 2.33 bits per heavy atom. The predicted molar refractivity (Wildman–Crippen MR) is 51.4 cm³/mol. The van der Waals surface area contributed by atoms with Crippen LogP contribution in [0.5, 0.6) is 0 Å². The molecule has 0 heterocycles. The monoisotopic (exact) mass is 220 g/mol. The lowest BCUT2D eigenvalue weighted by atomic mass is 10.3. The fourth-order valence-electron chi connectivity index (χ4n) is 0.924. The number of hydrogen-bond donors (Lipinski definition) is 4. The second-order valence-electron chi connectivity index (χ2n) is 3.25. The average Bonchev–Trinajstić information content (AvgIpc) is 2.11. The first-order valence-corrected chi connectivity index (χ1v) is 4.41. The smallest absolute Gasteiger partial charge is 0.328 e. The van der Waals surface area contributed by atoms with Gasteiger partial charge in [-0.25, -0.2) is 9.59 Å². The summed E-state index contributed by atoms with van der Waals surface area (Å²) in [5.41, 5.74) is 0. The number of carbonyl (C=O) groups excluding carboxylic acids is 1. The maximum atomic E-state index is 11.3. The van der Waals surface area contributed by atoms with Gasteiger partial charge in [0.05, 0.1) is 12.7 Å². The van der Waals surface area contributed by atoms with Crippen molar-refractivity contribution < 1.29 is 24.9 Å². The van der Waals surface area contributed by atoms with Crippen LogP contribution in [0.1, 0.15) is 6.92 Å². The Labute approximate surface area is 87.3 Å². The SMILES string of the molecule is CC(O)CN(C)C(=O)N[C@H](CO)C(=O)O. The van der Waals surface area contributed by atoms with Gasteiger partial charge in [0.15, 0.2) is 6.04 Å². The van der Waals surface area contributed by atoms with Gasteiger partial charge in [0, 0.05) is 13.6 Å². The van der Waals surface area contributed by atoms with E-state index in [-0.39, 0.29) is 6.54 Å². The molecule has 4 N–H and O–H groups in total. The standard InChI is InChI=1S/C8H16N2O5/c1-5(12)3-10(2)8(15)9-6(4-11)7(13)14/h5-6,11-12H,3-4H2,1-2H3,(H,9,15)(H,13,14)/t5?,6-/m1/s1. The summed E-state index contributed by atoms with van der Waals surface area (Å²) in [6.07, 6.45) is -0.696. The topological polar surface area (TPSA) is 110 Å². The molecule has 0 saturated carbocycles. The zero-order valence-corrected chi connectivity index (χ0v) is 8.67. The van der Waals surface area contributed by atoms with Crippen LogP contribution in [0.4, 0.5) is 4.79 Å². The van der Waals surface area contributed by atoms with Crippen LogP contribution in [-0.2, 0) is 4.79 Å². The third-order valence-electron chi connectivity index (χ3n) is 1.66. The van der Waals surface area contributed by atoms with Gasteiger partial charge in [0.1, 0.15) is 0 Å². The number of carboxylic acid groups (broad SMARTS) is 1. The molecule has 0 aliphatic rings. The second-order valence-corrected chi connectivity index (χ2v) is 3.25. The molecule has 0 aromatic heterocycles. The number of likely N-dealkylation sites (N-methyl/N-ethyl adjacent to an activating group) is 1. The Bertz CT molecular complexity index is 231. The van der Waals surface area contributed by atoms with Gasteiger partial charge in [0.25, 0.3) is 0 Å². The van der Waals surface area contributed by atoms with Crippen LogP contribution in [0.3, 0.4) is 0 Å². The Kier molecular flexibility index (Phi) is 5.65. The van der Waals surface area contributed by atoms with E-state index in [0.29, 0.717) is 0 Å². The van der Waals surface area contributed by atoms with Crippen LogP contribution in [0.25, 0.3) is 0 Å². The first kappa shape index (κ1) is 13.7. The minimum Gasteiger partial charge on any atom is -0.480 e. The van der Waals surface area contributed by atoms with E-state index >= 15 is 0 Å². The lowest BCUT2D eigenvalue weighted by Gasteiger charge is -2.21. The Balaban J connectivity index is 4.16. The van der Waals surface area contributed by atoms with Gasteiger partial charge < -0.3 is 25.5 Å². The van der Waals surface area contributed by atoms with Gasteiger partial charge in [-0.05, 0) is 6.92 Å². The van der Waals surface area contributed by atoms with E-state index in [4.69, 9.17) is 15.3 Å². The normalized spacial score (nSPS) is 14.1. The quantitative estimate of drug-likeness (QED) is 0.448.